The Kier molecular flexibility index (Phi) is 4.00. The summed E-state index contributed by atoms with van der Waals surface area (Å²) in [6.07, 6.45) is 6.90. The highest BCUT2D eigenvalue weighted by molar-refractivity contribution is 5.92. The monoisotopic (exact) mass is 301 g/mol. The summed E-state index contributed by atoms with van der Waals surface area (Å²) in [6, 6.07) is 2.18. The molecule has 0 aliphatic carbocycles. The molecule has 0 spiro atoms. The zero-order valence-corrected chi connectivity index (χ0v) is 13.5. The zero-order chi connectivity index (χ0) is 15.7. The molecule has 1 aliphatic heterocycles. The molecule has 3 rings (SSSR count). The average Bonchev–Trinajstić information content (AvgIpc) is 3.14. The van der Waals surface area contributed by atoms with Gasteiger partial charge in [0.1, 0.15) is 5.82 Å². The molecule has 1 unspecified atom stereocenters. The number of hydrogen-bond donors (Lipinski definition) is 0. The fraction of sp³-hybridized carbons (Fsp3) is 0.562. The Morgan fingerprint density at radius 2 is 2.27 bits per heavy atom. The highest BCUT2D eigenvalue weighted by atomic mass is 16.2. The quantitative estimate of drug-likeness (QED) is 0.871. The van der Waals surface area contributed by atoms with Crippen molar-refractivity contribution < 1.29 is 4.79 Å². The molecule has 22 heavy (non-hydrogen) atoms. The van der Waals surface area contributed by atoms with Gasteiger partial charge in [0.2, 0.25) is 0 Å². The van der Waals surface area contributed by atoms with Gasteiger partial charge in [-0.15, -0.1) is 0 Å². The van der Waals surface area contributed by atoms with Gasteiger partial charge in [-0.25, -0.2) is 4.98 Å². The van der Waals surface area contributed by atoms with E-state index in [1.165, 1.54) is 0 Å². The van der Waals surface area contributed by atoms with E-state index in [1.54, 1.807) is 4.68 Å². The maximum absolute atomic E-state index is 12.7. The number of rotatable bonds is 3. The van der Waals surface area contributed by atoms with Crippen molar-refractivity contribution in [1.29, 1.82) is 0 Å². The number of piperidine rings is 1. The maximum Gasteiger partial charge on any atom is 0.274 e. The van der Waals surface area contributed by atoms with Gasteiger partial charge in [-0.3, -0.25) is 9.48 Å². The number of nitrogens with zero attached hydrogens (tertiary/aromatic N) is 5. The second kappa shape index (κ2) is 5.94. The van der Waals surface area contributed by atoms with Crippen LogP contribution in [-0.2, 0) is 13.5 Å². The first-order chi connectivity index (χ1) is 10.6. The van der Waals surface area contributed by atoms with E-state index in [0.717, 1.165) is 43.9 Å². The number of carbonyl (C=O) groups is 1. The summed E-state index contributed by atoms with van der Waals surface area (Å²) in [4.78, 5) is 19.0. The van der Waals surface area contributed by atoms with Crippen LogP contribution in [0.1, 0.15) is 47.8 Å². The normalized spacial score (nSPS) is 18.7. The Balaban J connectivity index is 1.77. The van der Waals surface area contributed by atoms with Crippen molar-refractivity contribution in [3.8, 4) is 0 Å². The van der Waals surface area contributed by atoms with Crippen LogP contribution < -0.4 is 0 Å². The molecule has 2 aromatic heterocycles. The summed E-state index contributed by atoms with van der Waals surface area (Å²) in [5.41, 5.74) is 1.54. The number of carbonyl (C=O) groups excluding carboxylic acids is 1. The van der Waals surface area contributed by atoms with Crippen molar-refractivity contribution in [2.45, 2.75) is 39.2 Å². The van der Waals surface area contributed by atoms with Gasteiger partial charge in [0, 0.05) is 44.6 Å². The highest BCUT2D eigenvalue weighted by Crippen LogP contribution is 2.24. The van der Waals surface area contributed by atoms with Crippen LogP contribution >= 0.6 is 0 Å². The standard InChI is InChI=1S/C16H23N5O/c1-4-15-17-7-9-21(15)13-6-5-8-20(11-13)16(22)14-10-12(2)19(3)18-14/h7,9-10,13H,4-6,8,11H2,1-3H3. The first kappa shape index (κ1) is 14.8. The summed E-state index contributed by atoms with van der Waals surface area (Å²) < 4.78 is 3.98. The lowest BCUT2D eigenvalue weighted by atomic mass is 10.0. The van der Waals surface area contributed by atoms with E-state index < -0.39 is 0 Å². The van der Waals surface area contributed by atoms with Crippen molar-refractivity contribution in [3.05, 3.63) is 35.7 Å². The molecule has 0 bridgehead atoms. The molecule has 6 nitrogen and oxygen atoms in total. The van der Waals surface area contributed by atoms with Crippen LogP contribution in [0.5, 0.6) is 0 Å². The number of aryl methyl sites for hydroxylation is 3. The molecule has 1 aliphatic rings. The molecule has 1 atom stereocenters. The maximum atomic E-state index is 12.7. The molecule has 1 amide bonds. The summed E-state index contributed by atoms with van der Waals surface area (Å²) in [6.45, 7) is 5.61. The van der Waals surface area contributed by atoms with Crippen molar-refractivity contribution >= 4 is 5.91 Å². The number of imidazole rings is 1. The molecule has 0 saturated carbocycles. The van der Waals surface area contributed by atoms with Gasteiger partial charge in [-0.2, -0.15) is 5.10 Å². The van der Waals surface area contributed by atoms with Crippen LogP contribution in [0.3, 0.4) is 0 Å². The van der Waals surface area contributed by atoms with Crippen LogP contribution in [0.25, 0.3) is 0 Å². The third kappa shape index (κ3) is 2.65. The minimum absolute atomic E-state index is 0.0339. The van der Waals surface area contributed by atoms with Crippen LogP contribution in [0.4, 0.5) is 0 Å². The molecule has 6 heteroatoms. The van der Waals surface area contributed by atoms with Gasteiger partial charge in [-0.05, 0) is 25.8 Å². The van der Waals surface area contributed by atoms with Gasteiger partial charge in [0.25, 0.3) is 5.91 Å². The van der Waals surface area contributed by atoms with E-state index in [1.807, 2.05) is 37.3 Å². The molecule has 0 N–H and O–H groups in total. The second-order valence-electron chi connectivity index (χ2n) is 5.95. The molecule has 0 radical (unpaired) electrons. The number of amides is 1. The lowest BCUT2D eigenvalue weighted by Crippen LogP contribution is -2.41. The smallest absolute Gasteiger partial charge is 0.274 e. The predicted molar refractivity (Wildman–Crippen MR) is 83.7 cm³/mol. The zero-order valence-electron chi connectivity index (χ0n) is 13.5. The minimum atomic E-state index is 0.0339. The van der Waals surface area contributed by atoms with Crippen molar-refractivity contribution in [1.82, 2.24) is 24.2 Å². The minimum Gasteiger partial charge on any atom is -0.335 e. The van der Waals surface area contributed by atoms with E-state index in [2.05, 4.69) is 21.6 Å². The summed E-state index contributed by atoms with van der Waals surface area (Å²) >= 11 is 0. The highest BCUT2D eigenvalue weighted by Gasteiger charge is 2.27. The lowest BCUT2D eigenvalue weighted by molar-refractivity contribution is 0.0671. The van der Waals surface area contributed by atoms with E-state index in [9.17, 15) is 4.79 Å². The molecule has 3 heterocycles. The van der Waals surface area contributed by atoms with Crippen molar-refractivity contribution in [3.63, 3.8) is 0 Å². The first-order valence-corrected chi connectivity index (χ1v) is 7.91. The second-order valence-corrected chi connectivity index (χ2v) is 5.95. The summed E-state index contributed by atoms with van der Waals surface area (Å²) in [7, 11) is 1.87. The molecule has 118 valence electrons. The summed E-state index contributed by atoms with van der Waals surface area (Å²) in [5.74, 6) is 1.12. The predicted octanol–water partition coefficient (Wildman–Crippen LogP) is 1.96. The van der Waals surface area contributed by atoms with Crippen molar-refractivity contribution in [2.75, 3.05) is 13.1 Å². The van der Waals surface area contributed by atoms with Crippen LogP contribution in [0, 0.1) is 6.92 Å². The van der Waals surface area contributed by atoms with E-state index in [4.69, 9.17) is 0 Å². The largest absolute Gasteiger partial charge is 0.335 e. The third-order valence-electron chi connectivity index (χ3n) is 4.48. The van der Waals surface area contributed by atoms with Gasteiger partial charge in [-0.1, -0.05) is 6.92 Å². The van der Waals surface area contributed by atoms with Gasteiger partial charge in [0.15, 0.2) is 5.69 Å². The van der Waals surface area contributed by atoms with Gasteiger partial charge < -0.3 is 9.47 Å². The Bertz CT molecular complexity index is 652. The number of likely N-dealkylation sites (tertiary alicyclic amines) is 1. The Morgan fingerprint density at radius 1 is 1.45 bits per heavy atom. The molecular weight excluding hydrogens is 278 g/mol. The fourth-order valence-electron chi connectivity index (χ4n) is 3.14. The van der Waals surface area contributed by atoms with Crippen LogP contribution in [0.2, 0.25) is 0 Å². The Labute approximate surface area is 130 Å². The third-order valence-corrected chi connectivity index (χ3v) is 4.48. The van der Waals surface area contributed by atoms with Crippen molar-refractivity contribution in [2.24, 2.45) is 7.05 Å². The van der Waals surface area contributed by atoms with Crippen LogP contribution in [0.15, 0.2) is 18.5 Å². The lowest BCUT2D eigenvalue weighted by Gasteiger charge is -2.33. The molecule has 1 saturated heterocycles. The first-order valence-electron chi connectivity index (χ1n) is 7.91. The topological polar surface area (TPSA) is 56.0 Å². The Morgan fingerprint density at radius 3 is 2.95 bits per heavy atom. The molecule has 1 fully saturated rings. The Hall–Kier alpha value is -2.11. The van der Waals surface area contributed by atoms with Crippen LogP contribution in [-0.4, -0.2) is 43.2 Å². The van der Waals surface area contributed by atoms with E-state index in [-0.39, 0.29) is 5.91 Å². The van der Waals surface area contributed by atoms with E-state index >= 15 is 0 Å². The number of aromatic nitrogens is 4. The summed E-state index contributed by atoms with van der Waals surface area (Å²) in [5, 5.41) is 4.31. The van der Waals surface area contributed by atoms with E-state index in [0.29, 0.717) is 11.7 Å². The molecular formula is C16H23N5O. The molecule has 2 aromatic rings. The molecule has 0 aromatic carbocycles. The number of hydrogen-bond acceptors (Lipinski definition) is 3. The van der Waals surface area contributed by atoms with Gasteiger partial charge in [0.05, 0.1) is 6.04 Å². The fourth-order valence-corrected chi connectivity index (χ4v) is 3.14. The average molecular weight is 301 g/mol. The SMILES string of the molecule is CCc1nccn1C1CCCN(C(=O)c2cc(C)n(C)n2)C1. The van der Waals surface area contributed by atoms with Gasteiger partial charge >= 0.3 is 0 Å².